The van der Waals surface area contributed by atoms with Gasteiger partial charge in [-0.05, 0) is 71.8 Å². The Morgan fingerprint density at radius 1 is 0.667 bits per heavy atom. The summed E-state index contributed by atoms with van der Waals surface area (Å²) in [6, 6.07) is 13.6. The first kappa shape index (κ1) is 30.5. The summed E-state index contributed by atoms with van der Waals surface area (Å²) in [7, 11) is 0. The minimum Gasteiger partial charge on any atom is -0.469 e. The van der Waals surface area contributed by atoms with Gasteiger partial charge < -0.3 is 9.47 Å². The first-order valence-corrected chi connectivity index (χ1v) is 12.5. The third kappa shape index (κ3) is 7.26. The highest BCUT2D eigenvalue weighted by Crippen LogP contribution is 2.34. The first-order valence-electron chi connectivity index (χ1n) is 12.5. The van der Waals surface area contributed by atoms with Gasteiger partial charge in [-0.15, -0.1) is 13.2 Å². The summed E-state index contributed by atoms with van der Waals surface area (Å²) in [6.45, 7) is 1.48. The van der Waals surface area contributed by atoms with Gasteiger partial charge in [-0.1, -0.05) is 48.5 Å². The summed E-state index contributed by atoms with van der Waals surface area (Å²) in [5, 5.41) is 0. The number of benzene rings is 4. The Kier molecular flexibility index (Phi) is 9.18. The van der Waals surface area contributed by atoms with Crippen molar-refractivity contribution in [3.05, 3.63) is 119 Å². The van der Waals surface area contributed by atoms with E-state index < -0.39 is 47.2 Å². The molecule has 11 heteroatoms. The fourth-order valence-electron chi connectivity index (χ4n) is 4.20. The van der Waals surface area contributed by atoms with Crippen molar-refractivity contribution in [1.29, 1.82) is 0 Å². The summed E-state index contributed by atoms with van der Waals surface area (Å²) in [5.41, 5.74) is 1.16. The van der Waals surface area contributed by atoms with Gasteiger partial charge >= 0.3 is 12.4 Å². The lowest BCUT2D eigenvalue weighted by atomic mass is 9.97. The van der Waals surface area contributed by atoms with E-state index in [0.717, 1.165) is 6.07 Å². The van der Waals surface area contributed by atoms with Crippen molar-refractivity contribution >= 4 is 5.83 Å². The molecule has 0 fully saturated rings. The van der Waals surface area contributed by atoms with Crippen molar-refractivity contribution < 1.29 is 49.0 Å². The van der Waals surface area contributed by atoms with Gasteiger partial charge in [0.1, 0.15) is 11.6 Å². The van der Waals surface area contributed by atoms with E-state index >= 15 is 0 Å². The monoisotopic (exact) mass is 596 g/mol. The van der Waals surface area contributed by atoms with E-state index in [1.54, 1.807) is 6.07 Å². The smallest absolute Gasteiger partial charge is 0.469 e. The zero-order chi connectivity index (χ0) is 30.6. The zero-order valence-electron chi connectivity index (χ0n) is 21.8. The Balaban J connectivity index is 1.45. The van der Waals surface area contributed by atoms with Crippen LogP contribution in [0.5, 0.6) is 5.75 Å². The molecule has 0 unspecified atom stereocenters. The number of ether oxygens (including phenoxy) is 2. The molecule has 0 N–H and O–H groups in total. The second-order valence-corrected chi connectivity index (χ2v) is 9.04. The SMILES string of the molecule is CCO/C(F)=C(\F)c1ccc(-c2ccc(CCc3ccc(-c4cc(F)c(OC(F)(F)F)c(F)c4)c(F)c3)c(F)c2)cc1. The van der Waals surface area contributed by atoms with Gasteiger partial charge in [-0.25, -0.2) is 17.6 Å². The van der Waals surface area contributed by atoms with Crippen molar-refractivity contribution in [2.45, 2.75) is 26.1 Å². The van der Waals surface area contributed by atoms with E-state index in [9.17, 15) is 39.5 Å². The summed E-state index contributed by atoms with van der Waals surface area (Å²) in [5.74, 6) is -7.54. The number of alkyl halides is 3. The van der Waals surface area contributed by atoms with Crippen LogP contribution in [0.25, 0.3) is 28.1 Å². The van der Waals surface area contributed by atoms with Crippen LogP contribution in [0.1, 0.15) is 23.6 Å². The average molecular weight is 596 g/mol. The molecule has 0 radical (unpaired) electrons. The maximum absolute atomic E-state index is 14.9. The first-order chi connectivity index (χ1) is 19.9. The van der Waals surface area contributed by atoms with Crippen molar-refractivity contribution in [3.8, 4) is 28.0 Å². The number of hydrogen-bond acceptors (Lipinski definition) is 2. The molecular formula is C31H21F9O2. The van der Waals surface area contributed by atoms with Gasteiger partial charge in [0.2, 0.25) is 11.6 Å². The Bertz CT molecular complexity index is 1590. The van der Waals surface area contributed by atoms with E-state index in [1.165, 1.54) is 55.5 Å². The molecule has 2 nitrogen and oxygen atoms in total. The lowest BCUT2D eigenvalue weighted by molar-refractivity contribution is -0.276. The Morgan fingerprint density at radius 2 is 1.29 bits per heavy atom. The number of halogens is 9. The van der Waals surface area contributed by atoms with E-state index in [0.29, 0.717) is 34.4 Å². The number of aryl methyl sites for hydroxylation is 2. The maximum Gasteiger partial charge on any atom is 0.573 e. The predicted molar refractivity (Wildman–Crippen MR) is 138 cm³/mol. The van der Waals surface area contributed by atoms with Crippen LogP contribution in [0.4, 0.5) is 39.5 Å². The highest BCUT2D eigenvalue weighted by molar-refractivity contribution is 5.68. The lowest BCUT2D eigenvalue weighted by Crippen LogP contribution is -2.19. The minimum atomic E-state index is -5.31. The predicted octanol–water partition coefficient (Wildman–Crippen LogP) is 9.86. The van der Waals surface area contributed by atoms with Crippen molar-refractivity contribution in [1.82, 2.24) is 0 Å². The van der Waals surface area contributed by atoms with Crippen LogP contribution in [0.3, 0.4) is 0 Å². The van der Waals surface area contributed by atoms with Crippen LogP contribution in [0, 0.1) is 23.3 Å². The van der Waals surface area contributed by atoms with Gasteiger partial charge in [0, 0.05) is 11.1 Å². The van der Waals surface area contributed by atoms with E-state index in [1.807, 2.05) is 0 Å². The standard InChI is InChI=1S/C31H21F9O2/c1-2-41-30(37)28(36)20-9-6-18(7-10-20)21-11-8-19(24(32)14-21)5-3-17-4-12-23(25(33)13-17)22-15-26(34)29(27(35)16-22)42-31(38,39)40/h4,6-16H,2-3,5H2,1H3/b30-28-. The molecule has 0 aromatic heterocycles. The van der Waals surface area contributed by atoms with Crippen molar-refractivity contribution in [2.75, 3.05) is 6.61 Å². The normalized spacial score (nSPS) is 12.2. The largest absolute Gasteiger partial charge is 0.573 e. The van der Waals surface area contributed by atoms with Crippen LogP contribution < -0.4 is 4.74 Å². The molecule has 4 aromatic rings. The van der Waals surface area contributed by atoms with Crippen LogP contribution in [0.15, 0.2) is 78.8 Å². The molecule has 42 heavy (non-hydrogen) atoms. The highest BCUT2D eigenvalue weighted by Gasteiger charge is 2.34. The molecule has 220 valence electrons. The fourth-order valence-corrected chi connectivity index (χ4v) is 4.20. The molecule has 0 saturated carbocycles. The number of hydrogen-bond donors (Lipinski definition) is 0. The lowest BCUT2D eigenvalue weighted by Gasteiger charge is -2.13. The topological polar surface area (TPSA) is 18.5 Å². The van der Waals surface area contributed by atoms with Crippen LogP contribution in [-0.4, -0.2) is 13.0 Å². The molecule has 0 aliphatic heterocycles. The molecule has 0 spiro atoms. The summed E-state index contributed by atoms with van der Waals surface area (Å²) in [4.78, 5) is 0. The third-order valence-corrected chi connectivity index (χ3v) is 6.21. The van der Waals surface area contributed by atoms with Crippen LogP contribution in [0.2, 0.25) is 0 Å². The quantitative estimate of drug-likeness (QED) is 0.141. The second-order valence-electron chi connectivity index (χ2n) is 9.04. The Labute approximate surface area is 234 Å². The van der Waals surface area contributed by atoms with E-state index in [-0.39, 0.29) is 36.1 Å². The van der Waals surface area contributed by atoms with Gasteiger partial charge in [0.25, 0.3) is 0 Å². The molecule has 0 aliphatic carbocycles. The second kappa shape index (κ2) is 12.6. The molecule has 0 bridgehead atoms. The third-order valence-electron chi connectivity index (χ3n) is 6.21. The molecule has 4 rings (SSSR count). The van der Waals surface area contributed by atoms with Crippen LogP contribution in [-0.2, 0) is 17.6 Å². The van der Waals surface area contributed by atoms with Gasteiger partial charge in [-0.2, -0.15) is 8.78 Å². The van der Waals surface area contributed by atoms with Crippen molar-refractivity contribution in [3.63, 3.8) is 0 Å². The van der Waals surface area contributed by atoms with E-state index in [2.05, 4.69) is 9.47 Å². The number of rotatable bonds is 9. The van der Waals surface area contributed by atoms with E-state index in [4.69, 9.17) is 0 Å². The van der Waals surface area contributed by atoms with Gasteiger partial charge in [0.05, 0.1) is 6.61 Å². The summed E-state index contributed by atoms with van der Waals surface area (Å²) < 4.78 is 130. The molecule has 0 amide bonds. The maximum atomic E-state index is 14.9. The molecule has 0 heterocycles. The fraction of sp³-hybridized carbons (Fsp3) is 0.161. The van der Waals surface area contributed by atoms with Gasteiger partial charge in [-0.3, -0.25) is 0 Å². The Hall–Kier alpha value is -4.41. The minimum absolute atomic E-state index is 0.0345. The summed E-state index contributed by atoms with van der Waals surface area (Å²) >= 11 is 0. The van der Waals surface area contributed by atoms with Crippen LogP contribution >= 0.6 is 0 Å². The zero-order valence-corrected chi connectivity index (χ0v) is 21.8. The molecule has 4 aromatic carbocycles. The highest BCUT2D eigenvalue weighted by atomic mass is 19.4. The van der Waals surface area contributed by atoms with Crippen molar-refractivity contribution in [2.24, 2.45) is 0 Å². The molecular weight excluding hydrogens is 575 g/mol. The Morgan fingerprint density at radius 3 is 1.86 bits per heavy atom. The average Bonchev–Trinajstić information content (AvgIpc) is 2.93. The molecule has 0 aliphatic rings. The van der Waals surface area contributed by atoms with Gasteiger partial charge in [0.15, 0.2) is 11.6 Å². The molecule has 0 atom stereocenters. The molecule has 0 saturated heterocycles. The summed E-state index contributed by atoms with van der Waals surface area (Å²) in [6.07, 6.45) is -4.95.